The van der Waals surface area contributed by atoms with E-state index in [-0.39, 0.29) is 18.4 Å². The van der Waals surface area contributed by atoms with Crippen molar-refractivity contribution in [3.05, 3.63) is 29.8 Å². The van der Waals surface area contributed by atoms with Crippen molar-refractivity contribution >= 4 is 17.6 Å². The van der Waals surface area contributed by atoms with Gasteiger partial charge in [-0.05, 0) is 31.9 Å². The first kappa shape index (κ1) is 11.6. The second-order valence-corrected chi connectivity index (χ2v) is 4.53. The van der Waals surface area contributed by atoms with E-state index in [0.29, 0.717) is 0 Å². The maximum absolute atomic E-state index is 12.1. The smallest absolute Gasteiger partial charge is 0.316 e. The van der Waals surface area contributed by atoms with Crippen LogP contribution in [0, 0.1) is 5.92 Å². The van der Waals surface area contributed by atoms with Crippen molar-refractivity contribution < 1.29 is 14.7 Å². The zero-order valence-electron chi connectivity index (χ0n) is 9.88. The standard InChI is InChI=1S/C13H15NO3/c1-8(2)14-11-6-4-3-5-9(11)7-10(12(14)15)13(16)17/h3-6,8,10H,7H2,1-2H3,(H,16,17). The van der Waals surface area contributed by atoms with Gasteiger partial charge in [0.1, 0.15) is 5.92 Å². The molecule has 2 rings (SSSR count). The molecule has 0 saturated carbocycles. The number of fused-ring (bicyclic) bond motifs is 1. The summed E-state index contributed by atoms with van der Waals surface area (Å²) in [6.07, 6.45) is 0.285. The van der Waals surface area contributed by atoms with Crippen LogP contribution in [-0.2, 0) is 16.0 Å². The van der Waals surface area contributed by atoms with Gasteiger partial charge in [0.25, 0.3) is 0 Å². The fraction of sp³-hybridized carbons (Fsp3) is 0.385. The molecule has 4 heteroatoms. The number of para-hydroxylation sites is 1. The summed E-state index contributed by atoms with van der Waals surface area (Å²) in [5.74, 6) is -2.31. The number of carboxylic acid groups (broad SMARTS) is 1. The third kappa shape index (κ3) is 1.90. The molecule has 0 spiro atoms. The van der Waals surface area contributed by atoms with Gasteiger partial charge in [0, 0.05) is 11.7 Å². The highest BCUT2D eigenvalue weighted by Gasteiger charge is 2.38. The van der Waals surface area contributed by atoms with Gasteiger partial charge >= 0.3 is 5.97 Å². The zero-order valence-corrected chi connectivity index (χ0v) is 9.88. The van der Waals surface area contributed by atoms with Crippen LogP contribution in [0.1, 0.15) is 19.4 Å². The molecule has 0 saturated heterocycles. The van der Waals surface area contributed by atoms with Crippen LogP contribution >= 0.6 is 0 Å². The molecule has 1 atom stereocenters. The molecule has 90 valence electrons. The Morgan fingerprint density at radius 2 is 2.06 bits per heavy atom. The lowest BCUT2D eigenvalue weighted by atomic mass is 9.91. The van der Waals surface area contributed by atoms with Gasteiger partial charge in [-0.3, -0.25) is 9.59 Å². The summed E-state index contributed by atoms with van der Waals surface area (Å²) in [5.41, 5.74) is 1.76. The Balaban J connectivity index is 2.50. The minimum Gasteiger partial charge on any atom is -0.481 e. The number of benzene rings is 1. The maximum Gasteiger partial charge on any atom is 0.316 e. The summed E-state index contributed by atoms with van der Waals surface area (Å²) >= 11 is 0. The number of carboxylic acids is 1. The lowest BCUT2D eigenvalue weighted by molar-refractivity contribution is -0.146. The van der Waals surface area contributed by atoms with E-state index in [4.69, 9.17) is 5.11 Å². The summed E-state index contributed by atoms with van der Waals surface area (Å²) in [6, 6.07) is 7.44. The summed E-state index contributed by atoms with van der Waals surface area (Å²) in [7, 11) is 0. The predicted octanol–water partition coefficient (Wildman–Crippen LogP) is 1.68. The average molecular weight is 233 g/mol. The lowest BCUT2D eigenvalue weighted by Gasteiger charge is -2.35. The highest BCUT2D eigenvalue weighted by molar-refractivity contribution is 6.08. The summed E-state index contributed by atoms with van der Waals surface area (Å²) in [5, 5.41) is 9.09. The molecule has 0 aliphatic carbocycles. The van der Waals surface area contributed by atoms with E-state index in [2.05, 4.69) is 0 Å². The van der Waals surface area contributed by atoms with Gasteiger partial charge in [-0.25, -0.2) is 0 Å². The molecule has 0 aromatic heterocycles. The first-order chi connectivity index (χ1) is 8.02. The topological polar surface area (TPSA) is 57.6 Å². The molecule has 1 heterocycles. The van der Waals surface area contributed by atoms with Crippen LogP contribution in [0.25, 0.3) is 0 Å². The van der Waals surface area contributed by atoms with E-state index < -0.39 is 11.9 Å². The van der Waals surface area contributed by atoms with E-state index in [0.717, 1.165) is 11.3 Å². The van der Waals surface area contributed by atoms with Crippen molar-refractivity contribution in [3.8, 4) is 0 Å². The number of carbonyl (C=O) groups excluding carboxylic acids is 1. The van der Waals surface area contributed by atoms with Crippen LogP contribution in [0.15, 0.2) is 24.3 Å². The number of carbonyl (C=O) groups is 2. The van der Waals surface area contributed by atoms with Crippen LogP contribution in [-0.4, -0.2) is 23.0 Å². The first-order valence-electron chi connectivity index (χ1n) is 5.66. The largest absolute Gasteiger partial charge is 0.481 e. The normalized spacial score (nSPS) is 19.4. The maximum atomic E-state index is 12.1. The molecule has 1 aliphatic rings. The van der Waals surface area contributed by atoms with Gasteiger partial charge in [0.05, 0.1) is 0 Å². The molecular formula is C13H15NO3. The second kappa shape index (κ2) is 4.20. The number of aliphatic carboxylic acids is 1. The number of rotatable bonds is 2. The van der Waals surface area contributed by atoms with Gasteiger partial charge in [-0.2, -0.15) is 0 Å². The number of anilines is 1. The highest BCUT2D eigenvalue weighted by Crippen LogP contribution is 2.31. The third-order valence-corrected chi connectivity index (χ3v) is 3.03. The van der Waals surface area contributed by atoms with Crippen molar-refractivity contribution in [2.45, 2.75) is 26.3 Å². The quantitative estimate of drug-likeness (QED) is 0.791. The Morgan fingerprint density at radius 3 is 2.65 bits per heavy atom. The number of hydrogen-bond donors (Lipinski definition) is 1. The number of nitrogens with zero attached hydrogens (tertiary/aromatic N) is 1. The van der Waals surface area contributed by atoms with Crippen LogP contribution in [0.3, 0.4) is 0 Å². The SMILES string of the molecule is CC(C)N1C(=O)C(C(=O)O)Cc2ccccc21. The van der Waals surface area contributed by atoms with Gasteiger partial charge < -0.3 is 10.0 Å². The summed E-state index contributed by atoms with van der Waals surface area (Å²) in [4.78, 5) is 24.8. The van der Waals surface area contributed by atoms with Gasteiger partial charge in [-0.1, -0.05) is 18.2 Å². The Labute approximate surface area is 99.9 Å². The molecule has 1 unspecified atom stereocenters. The van der Waals surface area contributed by atoms with Crippen molar-refractivity contribution in [2.75, 3.05) is 4.90 Å². The Bertz CT molecular complexity index is 467. The molecule has 17 heavy (non-hydrogen) atoms. The van der Waals surface area contributed by atoms with Crippen molar-refractivity contribution in [3.63, 3.8) is 0 Å². The van der Waals surface area contributed by atoms with Crippen molar-refractivity contribution in [1.82, 2.24) is 0 Å². The molecule has 1 aliphatic heterocycles. The van der Waals surface area contributed by atoms with Gasteiger partial charge in [0.15, 0.2) is 0 Å². The summed E-state index contributed by atoms with van der Waals surface area (Å²) < 4.78 is 0. The molecule has 0 fully saturated rings. The van der Waals surface area contributed by atoms with Crippen LogP contribution in [0.2, 0.25) is 0 Å². The molecule has 0 radical (unpaired) electrons. The zero-order chi connectivity index (χ0) is 12.6. The first-order valence-corrected chi connectivity index (χ1v) is 5.66. The van der Waals surface area contributed by atoms with Crippen LogP contribution in [0.4, 0.5) is 5.69 Å². The minimum absolute atomic E-state index is 0.0363. The molecule has 4 nitrogen and oxygen atoms in total. The van der Waals surface area contributed by atoms with E-state index >= 15 is 0 Å². The third-order valence-electron chi connectivity index (χ3n) is 3.03. The van der Waals surface area contributed by atoms with E-state index in [1.54, 1.807) is 4.90 Å². The van der Waals surface area contributed by atoms with Crippen LogP contribution < -0.4 is 4.90 Å². The fourth-order valence-corrected chi connectivity index (χ4v) is 2.24. The molecule has 1 amide bonds. The van der Waals surface area contributed by atoms with E-state index in [1.807, 2.05) is 38.1 Å². The van der Waals surface area contributed by atoms with Crippen LogP contribution in [0.5, 0.6) is 0 Å². The second-order valence-electron chi connectivity index (χ2n) is 4.53. The predicted molar refractivity (Wildman–Crippen MR) is 63.9 cm³/mol. The van der Waals surface area contributed by atoms with Gasteiger partial charge in [0.2, 0.25) is 5.91 Å². The molecule has 1 aromatic rings. The monoisotopic (exact) mass is 233 g/mol. The number of amides is 1. The van der Waals surface area contributed by atoms with Gasteiger partial charge in [-0.15, -0.1) is 0 Å². The van der Waals surface area contributed by atoms with Crippen molar-refractivity contribution in [2.24, 2.45) is 5.92 Å². The molecule has 0 bridgehead atoms. The highest BCUT2D eigenvalue weighted by atomic mass is 16.4. The number of hydrogen-bond acceptors (Lipinski definition) is 2. The average Bonchev–Trinajstić information content (AvgIpc) is 2.27. The van der Waals surface area contributed by atoms with Crippen molar-refractivity contribution in [1.29, 1.82) is 0 Å². The minimum atomic E-state index is -1.05. The molecular weight excluding hydrogens is 218 g/mol. The fourth-order valence-electron chi connectivity index (χ4n) is 2.24. The lowest BCUT2D eigenvalue weighted by Crippen LogP contribution is -2.47. The Hall–Kier alpha value is -1.84. The van der Waals surface area contributed by atoms with E-state index in [9.17, 15) is 9.59 Å². The molecule has 1 N–H and O–H groups in total. The van der Waals surface area contributed by atoms with E-state index in [1.165, 1.54) is 0 Å². The molecule has 1 aromatic carbocycles. The Kier molecular flexibility index (Phi) is 2.88. The summed E-state index contributed by atoms with van der Waals surface area (Å²) in [6.45, 7) is 3.78. The Morgan fingerprint density at radius 1 is 1.41 bits per heavy atom.